The van der Waals surface area contributed by atoms with Gasteiger partial charge in [-0.1, -0.05) is 6.92 Å². The van der Waals surface area contributed by atoms with E-state index in [0.717, 1.165) is 19.3 Å². The maximum atomic E-state index is 12.5. The van der Waals surface area contributed by atoms with E-state index >= 15 is 0 Å². The Morgan fingerprint density at radius 3 is 2.77 bits per heavy atom. The van der Waals surface area contributed by atoms with E-state index in [0.29, 0.717) is 23.6 Å². The molecule has 0 radical (unpaired) electrons. The monoisotopic (exact) mass is 302 g/mol. The molecule has 1 saturated carbocycles. The van der Waals surface area contributed by atoms with Crippen LogP contribution in [0.4, 0.5) is 5.69 Å². The molecule has 1 aliphatic carbocycles. The fourth-order valence-electron chi connectivity index (χ4n) is 2.37. The molecule has 0 aliphatic heterocycles. The molecule has 1 aliphatic rings. The topological polar surface area (TPSA) is 71.3 Å². The first-order valence-corrected chi connectivity index (χ1v) is 7.58. The Labute approximate surface area is 131 Å². The molecule has 5 nitrogen and oxygen atoms in total. The third-order valence-electron chi connectivity index (χ3n) is 4.05. The summed E-state index contributed by atoms with van der Waals surface area (Å²) in [5, 5.41) is 12.1. The lowest BCUT2D eigenvalue weighted by Gasteiger charge is -2.26. The zero-order chi connectivity index (χ0) is 16.2. The highest BCUT2D eigenvalue weighted by Gasteiger charge is 2.47. The highest BCUT2D eigenvalue weighted by molar-refractivity contribution is 5.97. The van der Waals surface area contributed by atoms with Crippen LogP contribution < -0.4 is 10.1 Å². The van der Waals surface area contributed by atoms with Gasteiger partial charge in [-0.25, -0.2) is 0 Å². The first-order valence-electron chi connectivity index (χ1n) is 7.58. The van der Waals surface area contributed by atoms with E-state index in [2.05, 4.69) is 11.4 Å². The van der Waals surface area contributed by atoms with Gasteiger partial charge in [-0.05, 0) is 50.3 Å². The first kappa shape index (κ1) is 16.3. The van der Waals surface area contributed by atoms with E-state index in [4.69, 9.17) is 9.47 Å². The Bertz CT molecular complexity index is 590. The maximum Gasteiger partial charge on any atom is 0.256 e. The van der Waals surface area contributed by atoms with Crippen LogP contribution in [0.25, 0.3) is 0 Å². The molecule has 1 aromatic carbocycles. The van der Waals surface area contributed by atoms with Crippen molar-refractivity contribution >= 4 is 11.6 Å². The molecule has 0 spiro atoms. The third kappa shape index (κ3) is 3.40. The highest BCUT2D eigenvalue weighted by Crippen LogP contribution is 2.42. The van der Waals surface area contributed by atoms with Gasteiger partial charge < -0.3 is 14.8 Å². The average molecular weight is 302 g/mol. The van der Waals surface area contributed by atoms with Gasteiger partial charge in [-0.2, -0.15) is 5.26 Å². The van der Waals surface area contributed by atoms with E-state index in [1.54, 1.807) is 25.3 Å². The van der Waals surface area contributed by atoms with E-state index < -0.39 is 5.60 Å². The van der Waals surface area contributed by atoms with Gasteiger partial charge >= 0.3 is 0 Å². The van der Waals surface area contributed by atoms with E-state index in [9.17, 15) is 10.1 Å². The fraction of sp³-hybridized carbons (Fsp3) is 0.529. The molecule has 0 bridgehead atoms. The van der Waals surface area contributed by atoms with Crippen molar-refractivity contribution in [3.05, 3.63) is 23.8 Å². The number of benzene rings is 1. The van der Waals surface area contributed by atoms with Gasteiger partial charge in [0.15, 0.2) is 0 Å². The zero-order valence-corrected chi connectivity index (χ0v) is 13.3. The lowest BCUT2D eigenvalue weighted by Crippen LogP contribution is -2.44. The van der Waals surface area contributed by atoms with Crippen LogP contribution in [0, 0.1) is 17.2 Å². The Balaban J connectivity index is 2.13. The number of hydrogen-bond acceptors (Lipinski definition) is 4. The number of hydrogen-bond donors (Lipinski definition) is 1. The molecule has 0 unspecified atom stereocenters. The number of carbonyl (C=O) groups excluding carboxylic acids is 1. The largest absolute Gasteiger partial charge is 0.492 e. The van der Waals surface area contributed by atoms with Crippen LogP contribution in [-0.4, -0.2) is 25.2 Å². The summed E-state index contributed by atoms with van der Waals surface area (Å²) in [6, 6.07) is 7.19. The van der Waals surface area contributed by atoms with E-state index in [-0.39, 0.29) is 11.8 Å². The van der Waals surface area contributed by atoms with Gasteiger partial charge in [-0.3, -0.25) is 4.79 Å². The number of anilines is 1. The van der Waals surface area contributed by atoms with Crippen molar-refractivity contribution in [2.45, 2.75) is 38.7 Å². The molecule has 1 N–H and O–H groups in total. The van der Waals surface area contributed by atoms with Gasteiger partial charge in [-0.15, -0.1) is 0 Å². The SMILES string of the molecule is CCCOc1ccc(NC(=O)[C@@](C)(OC)C2CC2)cc1C#N. The number of nitrogens with one attached hydrogen (secondary N) is 1. The van der Waals surface area contributed by atoms with Crippen molar-refractivity contribution in [3.63, 3.8) is 0 Å². The van der Waals surface area contributed by atoms with Crippen molar-refractivity contribution < 1.29 is 14.3 Å². The fourth-order valence-corrected chi connectivity index (χ4v) is 2.37. The summed E-state index contributed by atoms with van der Waals surface area (Å²) in [6.07, 6.45) is 2.88. The smallest absolute Gasteiger partial charge is 0.256 e. The van der Waals surface area contributed by atoms with Crippen LogP contribution in [0.15, 0.2) is 18.2 Å². The van der Waals surface area contributed by atoms with Crippen molar-refractivity contribution in [1.29, 1.82) is 5.26 Å². The molecule has 1 fully saturated rings. The lowest BCUT2D eigenvalue weighted by molar-refractivity contribution is -0.138. The molecular weight excluding hydrogens is 280 g/mol. The second-order valence-corrected chi connectivity index (χ2v) is 5.71. The molecule has 0 saturated heterocycles. The average Bonchev–Trinajstić information content (AvgIpc) is 3.37. The van der Waals surface area contributed by atoms with Gasteiger partial charge in [0.25, 0.3) is 5.91 Å². The minimum absolute atomic E-state index is 0.177. The Morgan fingerprint density at radius 2 is 2.23 bits per heavy atom. The summed E-state index contributed by atoms with van der Waals surface area (Å²) >= 11 is 0. The zero-order valence-electron chi connectivity index (χ0n) is 13.3. The van der Waals surface area contributed by atoms with Gasteiger partial charge in [0.2, 0.25) is 0 Å². The molecule has 0 aromatic heterocycles. The molecule has 118 valence electrons. The molecule has 5 heteroatoms. The summed E-state index contributed by atoms with van der Waals surface area (Å²) in [4.78, 5) is 12.5. The molecule has 2 rings (SSSR count). The number of ether oxygens (including phenoxy) is 2. The van der Waals surface area contributed by atoms with Crippen LogP contribution >= 0.6 is 0 Å². The van der Waals surface area contributed by atoms with Crippen molar-refractivity contribution in [2.24, 2.45) is 5.92 Å². The quantitative estimate of drug-likeness (QED) is 0.840. The minimum Gasteiger partial charge on any atom is -0.492 e. The highest BCUT2D eigenvalue weighted by atomic mass is 16.5. The summed E-state index contributed by atoms with van der Waals surface area (Å²) in [5.41, 5.74) is 0.176. The van der Waals surface area contributed by atoms with Crippen molar-refractivity contribution in [2.75, 3.05) is 19.0 Å². The second kappa shape index (κ2) is 6.80. The van der Waals surface area contributed by atoms with Crippen LogP contribution in [-0.2, 0) is 9.53 Å². The lowest BCUT2D eigenvalue weighted by atomic mass is 9.99. The Morgan fingerprint density at radius 1 is 1.50 bits per heavy atom. The molecule has 22 heavy (non-hydrogen) atoms. The van der Waals surface area contributed by atoms with E-state index in [1.165, 1.54) is 0 Å². The number of methoxy groups -OCH3 is 1. The number of carbonyl (C=O) groups is 1. The third-order valence-corrected chi connectivity index (χ3v) is 4.05. The maximum absolute atomic E-state index is 12.5. The summed E-state index contributed by atoms with van der Waals surface area (Å²) in [6.45, 7) is 4.37. The second-order valence-electron chi connectivity index (χ2n) is 5.71. The van der Waals surface area contributed by atoms with Crippen LogP contribution in [0.5, 0.6) is 5.75 Å². The first-order chi connectivity index (χ1) is 10.5. The van der Waals surface area contributed by atoms with Crippen LogP contribution in [0.3, 0.4) is 0 Å². The molecule has 1 amide bonds. The number of nitrogens with zero attached hydrogens (tertiary/aromatic N) is 1. The molecule has 1 aromatic rings. The number of nitriles is 1. The molecular formula is C17H22N2O3. The summed E-state index contributed by atoms with van der Waals surface area (Å²) < 4.78 is 10.9. The predicted octanol–water partition coefficient (Wildman–Crippen LogP) is 3.10. The minimum atomic E-state index is -0.815. The number of amides is 1. The van der Waals surface area contributed by atoms with Gasteiger partial charge in [0.05, 0.1) is 12.2 Å². The van der Waals surface area contributed by atoms with Crippen molar-refractivity contribution in [3.8, 4) is 11.8 Å². The Hall–Kier alpha value is -2.06. The standard InChI is InChI=1S/C17H22N2O3/c1-4-9-22-15-8-7-14(10-12(15)11-18)19-16(20)17(2,21-3)13-5-6-13/h7-8,10,13H,4-6,9H2,1-3H3,(H,19,20)/t17-/m0/s1. The summed E-state index contributed by atoms with van der Waals surface area (Å²) in [5.74, 6) is 0.628. The molecule has 0 heterocycles. The number of rotatable bonds is 7. The predicted molar refractivity (Wildman–Crippen MR) is 83.7 cm³/mol. The van der Waals surface area contributed by atoms with Gasteiger partial charge in [0, 0.05) is 12.8 Å². The van der Waals surface area contributed by atoms with Crippen LogP contribution in [0.1, 0.15) is 38.7 Å². The molecule has 1 atom stereocenters. The Kier molecular flexibility index (Phi) is 5.04. The van der Waals surface area contributed by atoms with E-state index in [1.807, 2.05) is 13.8 Å². The van der Waals surface area contributed by atoms with Crippen molar-refractivity contribution in [1.82, 2.24) is 0 Å². The normalized spacial score (nSPS) is 16.5. The summed E-state index contributed by atoms with van der Waals surface area (Å²) in [7, 11) is 1.56. The van der Waals surface area contributed by atoms with Gasteiger partial charge in [0.1, 0.15) is 17.4 Å². The van der Waals surface area contributed by atoms with Crippen LogP contribution in [0.2, 0.25) is 0 Å².